The van der Waals surface area contributed by atoms with Crippen LogP contribution in [0.3, 0.4) is 0 Å². The average Bonchev–Trinajstić information content (AvgIpc) is 3.46. The molecule has 5 atom stereocenters. The fourth-order valence-corrected chi connectivity index (χ4v) is 6.54. The minimum absolute atomic E-state index is 0.0298. The van der Waals surface area contributed by atoms with E-state index in [2.05, 4.69) is 24.1 Å². The number of nitrogens with one attached hydrogen (secondary N) is 1. The molecule has 2 aromatic rings. The standard InChI is InChI=1S/C40H60N4O10/c1-24(2)28(18-27-13-14-31(51-9)33(19-27)52-17-11-16-50-8)20-30-32(21-29(25(3)4)36(45)43-23-40(6,7)38(41)47)54-34(44(30)39(48)49)22-53-37(46)35-26(5)12-10-15-42-35/h10,12-15,19,24-25,28-30,32,34H,11,16-18,20-23H2,1-9H3,(H2,41,47)(H,43,45)(H,48,49)/t28-,29-,30-,32-,34?/m0/s1. The van der Waals surface area contributed by atoms with Gasteiger partial charge in [0.05, 0.1) is 31.3 Å². The van der Waals surface area contributed by atoms with Gasteiger partial charge < -0.3 is 39.8 Å². The van der Waals surface area contributed by atoms with Gasteiger partial charge in [-0.1, -0.05) is 39.8 Å². The molecule has 0 radical (unpaired) electrons. The normalized spacial score (nSPS) is 18.4. The highest BCUT2D eigenvalue weighted by atomic mass is 16.6. The zero-order valence-electron chi connectivity index (χ0n) is 33.3. The molecule has 1 fully saturated rings. The largest absolute Gasteiger partial charge is 0.493 e. The van der Waals surface area contributed by atoms with Gasteiger partial charge >= 0.3 is 12.1 Å². The smallest absolute Gasteiger partial charge is 0.409 e. The summed E-state index contributed by atoms with van der Waals surface area (Å²) in [6.45, 7) is 13.7. The first-order valence-electron chi connectivity index (χ1n) is 18.6. The Morgan fingerprint density at radius 2 is 1.76 bits per heavy atom. The topological polar surface area (TPSA) is 189 Å². The highest BCUT2D eigenvalue weighted by molar-refractivity contribution is 5.88. The van der Waals surface area contributed by atoms with Crippen LogP contribution in [-0.4, -0.2) is 97.8 Å². The van der Waals surface area contributed by atoms with E-state index >= 15 is 0 Å². The van der Waals surface area contributed by atoms with Gasteiger partial charge in [0.15, 0.2) is 23.4 Å². The Morgan fingerprint density at radius 3 is 2.35 bits per heavy atom. The number of hydrogen-bond acceptors (Lipinski definition) is 10. The second-order valence-electron chi connectivity index (χ2n) is 15.3. The van der Waals surface area contributed by atoms with Crippen LogP contribution in [0.4, 0.5) is 4.79 Å². The number of amides is 3. The molecule has 54 heavy (non-hydrogen) atoms. The maximum atomic E-state index is 13.7. The van der Waals surface area contributed by atoms with Crippen molar-refractivity contribution in [1.29, 1.82) is 0 Å². The fourth-order valence-electron chi connectivity index (χ4n) is 6.54. The Morgan fingerprint density at radius 1 is 1.04 bits per heavy atom. The van der Waals surface area contributed by atoms with E-state index in [4.69, 9.17) is 29.4 Å². The number of rotatable bonds is 21. The summed E-state index contributed by atoms with van der Waals surface area (Å²) in [7, 11) is 3.23. The summed E-state index contributed by atoms with van der Waals surface area (Å²) >= 11 is 0. The Hall–Kier alpha value is -4.43. The van der Waals surface area contributed by atoms with Gasteiger partial charge in [0.1, 0.15) is 6.61 Å². The molecule has 2 heterocycles. The lowest BCUT2D eigenvalue weighted by molar-refractivity contribution is -0.130. The van der Waals surface area contributed by atoms with Gasteiger partial charge in [0.2, 0.25) is 11.8 Å². The summed E-state index contributed by atoms with van der Waals surface area (Å²) in [5.74, 6) is -0.968. The van der Waals surface area contributed by atoms with Crippen LogP contribution in [-0.2, 0) is 30.2 Å². The number of hydrogen-bond donors (Lipinski definition) is 3. The summed E-state index contributed by atoms with van der Waals surface area (Å²) in [5.41, 5.74) is 6.31. The second-order valence-corrected chi connectivity index (χ2v) is 15.3. The summed E-state index contributed by atoms with van der Waals surface area (Å²) in [6, 6.07) is 8.54. The van der Waals surface area contributed by atoms with Crippen molar-refractivity contribution in [3.63, 3.8) is 0 Å². The second kappa shape index (κ2) is 20.3. The van der Waals surface area contributed by atoms with Crippen LogP contribution in [0.5, 0.6) is 11.5 Å². The first kappa shape index (κ1) is 44.0. The van der Waals surface area contributed by atoms with Crippen molar-refractivity contribution in [2.24, 2.45) is 34.8 Å². The molecular formula is C40H60N4O10. The molecule has 14 nitrogen and oxygen atoms in total. The fraction of sp³-hybridized carbons (Fsp3) is 0.625. The maximum Gasteiger partial charge on any atom is 0.409 e. The summed E-state index contributed by atoms with van der Waals surface area (Å²) in [5, 5.41) is 13.5. The number of carbonyl (C=O) groups is 4. The SMILES string of the molecule is COCCCOc1cc(C[C@@H](C[C@H]2[C@H](C[C@H](C(=O)NCC(C)(C)C(N)=O)C(C)C)OC(COC(=O)c3ncccc3C)N2C(=O)O)C(C)C)ccc1OC. The van der Waals surface area contributed by atoms with Gasteiger partial charge in [-0.15, -0.1) is 0 Å². The highest BCUT2D eigenvalue weighted by Gasteiger charge is 2.48. The average molecular weight is 757 g/mol. The van der Waals surface area contributed by atoms with Gasteiger partial charge in [0.25, 0.3) is 0 Å². The van der Waals surface area contributed by atoms with Crippen LogP contribution < -0.4 is 20.5 Å². The lowest BCUT2D eigenvalue weighted by Crippen LogP contribution is -2.47. The lowest BCUT2D eigenvalue weighted by Gasteiger charge is -2.33. The van der Waals surface area contributed by atoms with Gasteiger partial charge in [-0.2, -0.15) is 0 Å². The number of aryl methyl sites for hydroxylation is 1. The first-order chi connectivity index (χ1) is 25.5. The van der Waals surface area contributed by atoms with E-state index in [-0.39, 0.29) is 48.9 Å². The van der Waals surface area contributed by atoms with Crippen molar-refractivity contribution in [2.45, 2.75) is 92.5 Å². The molecule has 1 saturated heterocycles. The molecule has 14 heteroatoms. The summed E-state index contributed by atoms with van der Waals surface area (Å²) in [6.07, 6.45) is 0.297. The Bertz CT molecular complexity index is 1560. The number of carbonyl (C=O) groups excluding carboxylic acids is 3. The molecule has 3 rings (SSSR count). The van der Waals surface area contributed by atoms with Crippen molar-refractivity contribution in [3.05, 3.63) is 53.3 Å². The van der Waals surface area contributed by atoms with E-state index in [9.17, 15) is 24.3 Å². The predicted molar refractivity (Wildman–Crippen MR) is 202 cm³/mol. The van der Waals surface area contributed by atoms with Crippen molar-refractivity contribution in [1.82, 2.24) is 15.2 Å². The van der Waals surface area contributed by atoms with Gasteiger partial charge in [-0.25, -0.2) is 14.6 Å². The number of methoxy groups -OCH3 is 2. The van der Waals surface area contributed by atoms with Crippen LogP contribution in [0, 0.1) is 36.0 Å². The van der Waals surface area contributed by atoms with Crippen LogP contribution in [0.2, 0.25) is 0 Å². The Labute approximate surface area is 319 Å². The molecule has 1 unspecified atom stereocenters. The number of esters is 1. The number of nitrogens with zero attached hydrogens (tertiary/aromatic N) is 2. The third-order valence-electron chi connectivity index (χ3n) is 10.2. The number of benzene rings is 1. The number of nitrogens with two attached hydrogens (primary N) is 1. The van der Waals surface area contributed by atoms with Crippen molar-refractivity contribution in [2.75, 3.05) is 40.6 Å². The predicted octanol–water partition coefficient (Wildman–Crippen LogP) is 5.24. The quantitative estimate of drug-likeness (QED) is 0.112. The minimum atomic E-state index is -1.23. The number of pyridine rings is 1. The Kier molecular flexibility index (Phi) is 16.5. The molecule has 1 aromatic carbocycles. The molecule has 0 aliphatic carbocycles. The molecular weight excluding hydrogens is 696 g/mol. The first-order valence-corrected chi connectivity index (χ1v) is 18.6. The number of carboxylic acid groups (broad SMARTS) is 1. The molecule has 1 aliphatic rings. The van der Waals surface area contributed by atoms with E-state index in [0.717, 1.165) is 5.56 Å². The van der Waals surface area contributed by atoms with Crippen molar-refractivity contribution in [3.8, 4) is 11.5 Å². The van der Waals surface area contributed by atoms with Crippen LogP contribution in [0.1, 0.15) is 82.4 Å². The summed E-state index contributed by atoms with van der Waals surface area (Å²) < 4.78 is 28.8. The molecule has 1 aromatic heterocycles. The van der Waals surface area contributed by atoms with E-state index in [1.807, 2.05) is 32.0 Å². The van der Waals surface area contributed by atoms with E-state index in [1.165, 1.54) is 11.1 Å². The number of aromatic nitrogens is 1. The van der Waals surface area contributed by atoms with Crippen LogP contribution in [0.15, 0.2) is 36.5 Å². The molecule has 0 spiro atoms. The minimum Gasteiger partial charge on any atom is -0.493 e. The summed E-state index contributed by atoms with van der Waals surface area (Å²) in [4.78, 5) is 57.1. The lowest BCUT2D eigenvalue weighted by atomic mass is 9.80. The van der Waals surface area contributed by atoms with Crippen molar-refractivity contribution >= 4 is 23.9 Å². The van der Waals surface area contributed by atoms with Gasteiger partial charge in [0, 0.05) is 38.8 Å². The zero-order chi connectivity index (χ0) is 40.2. The Balaban J connectivity index is 1.94. The van der Waals surface area contributed by atoms with E-state index in [1.54, 1.807) is 47.1 Å². The van der Waals surface area contributed by atoms with Crippen LogP contribution in [0.25, 0.3) is 0 Å². The molecule has 0 bridgehead atoms. The molecule has 0 saturated carbocycles. The third kappa shape index (κ3) is 12.0. The van der Waals surface area contributed by atoms with Gasteiger partial charge in [-0.3, -0.25) is 14.5 Å². The van der Waals surface area contributed by atoms with Crippen molar-refractivity contribution < 1.29 is 48.0 Å². The van der Waals surface area contributed by atoms with Gasteiger partial charge in [-0.05, 0) is 87.1 Å². The number of ether oxygens (including phenoxy) is 5. The zero-order valence-corrected chi connectivity index (χ0v) is 33.3. The molecule has 4 N–H and O–H groups in total. The highest BCUT2D eigenvalue weighted by Crippen LogP contribution is 2.37. The molecule has 1 aliphatic heterocycles. The third-order valence-corrected chi connectivity index (χ3v) is 10.2. The molecule has 3 amide bonds. The maximum absolute atomic E-state index is 13.7. The van der Waals surface area contributed by atoms with E-state index in [0.29, 0.717) is 49.5 Å². The monoisotopic (exact) mass is 756 g/mol. The van der Waals surface area contributed by atoms with Crippen LogP contribution >= 0.6 is 0 Å². The number of primary amides is 1. The molecule has 300 valence electrons. The van der Waals surface area contributed by atoms with E-state index < -0.39 is 47.7 Å².